The largest absolute Gasteiger partial charge is 0.393 e. The maximum atomic E-state index is 13.1. The third kappa shape index (κ3) is 11.9. The van der Waals surface area contributed by atoms with E-state index in [4.69, 9.17) is 25.7 Å². The van der Waals surface area contributed by atoms with Crippen LogP contribution < -0.4 is 11.5 Å². The van der Waals surface area contributed by atoms with Gasteiger partial charge in [0, 0.05) is 12.8 Å². The van der Waals surface area contributed by atoms with Gasteiger partial charge >= 0.3 is 35.8 Å². The second-order valence-corrected chi connectivity index (χ2v) is 10.5. The highest BCUT2D eigenvalue weighted by Crippen LogP contribution is 2.24. The van der Waals surface area contributed by atoms with Crippen molar-refractivity contribution in [3.05, 3.63) is 71.8 Å². The Hall–Kier alpha value is -4.22. The summed E-state index contributed by atoms with van der Waals surface area (Å²) in [6.07, 6.45) is -0.431. The first-order chi connectivity index (χ1) is 20.4. The zero-order valence-corrected chi connectivity index (χ0v) is 24.7. The number of hydrogen-bond acceptors (Lipinski definition) is 11. The Labute approximate surface area is 251 Å². The molecule has 2 aromatic rings. The highest BCUT2D eigenvalue weighted by Gasteiger charge is 2.42. The number of ether oxygens (including phenoxy) is 3. The van der Waals surface area contributed by atoms with Crippen molar-refractivity contribution in [1.82, 2.24) is 0 Å². The third-order valence-electron chi connectivity index (χ3n) is 6.78. The molecule has 0 unspecified atom stereocenters. The lowest BCUT2D eigenvalue weighted by Crippen LogP contribution is -2.55. The molecule has 0 saturated carbocycles. The van der Waals surface area contributed by atoms with Crippen LogP contribution >= 0.6 is 0 Å². The Morgan fingerprint density at radius 2 is 0.884 bits per heavy atom. The summed E-state index contributed by atoms with van der Waals surface area (Å²) in [5.74, 6) is -5.42. The first kappa shape index (κ1) is 35.0. The molecule has 0 amide bonds. The predicted octanol–water partition coefficient (Wildman–Crippen LogP) is 3.24. The van der Waals surface area contributed by atoms with Crippen molar-refractivity contribution in [3.8, 4) is 0 Å². The predicted molar refractivity (Wildman–Crippen MR) is 156 cm³/mol. The van der Waals surface area contributed by atoms with Crippen LogP contribution in [0.15, 0.2) is 60.7 Å². The molecule has 232 valence electrons. The molecule has 0 heterocycles. The molecular formula is C32H40N2O9. The zero-order valence-electron chi connectivity index (χ0n) is 24.7. The average molecular weight is 597 g/mol. The van der Waals surface area contributed by atoms with Crippen molar-refractivity contribution in [2.24, 2.45) is 11.5 Å². The van der Waals surface area contributed by atoms with E-state index in [2.05, 4.69) is 0 Å². The Kier molecular flexibility index (Phi) is 13.9. The molecule has 2 rings (SSSR count). The molecular weight excluding hydrogens is 556 g/mol. The first-order valence-corrected chi connectivity index (χ1v) is 14.3. The van der Waals surface area contributed by atoms with Gasteiger partial charge in [-0.1, -0.05) is 87.4 Å². The van der Waals surface area contributed by atoms with Gasteiger partial charge in [0.2, 0.25) is 0 Å². The van der Waals surface area contributed by atoms with Crippen LogP contribution in [0.3, 0.4) is 0 Å². The van der Waals surface area contributed by atoms with E-state index in [1.165, 1.54) is 0 Å². The minimum Gasteiger partial charge on any atom is -0.393 e. The molecule has 0 radical (unpaired) electrons. The molecule has 0 fully saturated rings. The van der Waals surface area contributed by atoms with Crippen molar-refractivity contribution in [2.75, 3.05) is 0 Å². The van der Waals surface area contributed by atoms with Gasteiger partial charge in [-0.25, -0.2) is 9.59 Å². The van der Waals surface area contributed by atoms with Crippen molar-refractivity contribution in [2.45, 2.75) is 89.1 Å². The molecule has 11 nitrogen and oxygen atoms in total. The molecule has 11 heteroatoms. The standard InChI is InChI=1S/C32H40N2O9/c1-3-17-31(33,19-15-25(35)41-27(37)21-23-11-7-5-8-12-23)29(39)43-30(40)32(34,18-4-2)20-16-26(36)42-28(38)22-24-13-9-6-10-14-24/h5-14H,3-4,15-22,33-34H2,1-2H3/t31-,32-/m0/s1. The average Bonchev–Trinajstić information content (AvgIpc) is 2.96. The lowest BCUT2D eigenvalue weighted by molar-refractivity contribution is -0.168. The van der Waals surface area contributed by atoms with Crippen LogP contribution in [-0.4, -0.2) is 46.9 Å². The third-order valence-corrected chi connectivity index (χ3v) is 6.78. The molecule has 0 spiro atoms. The van der Waals surface area contributed by atoms with Gasteiger partial charge in [0.15, 0.2) is 0 Å². The summed E-state index contributed by atoms with van der Waals surface area (Å²) in [5.41, 5.74) is 10.5. The van der Waals surface area contributed by atoms with Gasteiger partial charge < -0.3 is 25.7 Å². The fourth-order valence-electron chi connectivity index (χ4n) is 4.44. The van der Waals surface area contributed by atoms with Gasteiger partial charge in [0.1, 0.15) is 11.1 Å². The van der Waals surface area contributed by atoms with E-state index in [0.717, 1.165) is 0 Å². The second-order valence-electron chi connectivity index (χ2n) is 10.5. The van der Waals surface area contributed by atoms with Crippen LogP contribution in [0, 0.1) is 0 Å². The van der Waals surface area contributed by atoms with Crippen LogP contribution in [-0.2, 0) is 55.8 Å². The van der Waals surface area contributed by atoms with Gasteiger partial charge in [-0.05, 0) is 36.8 Å². The topological polar surface area (TPSA) is 182 Å². The molecule has 2 atom stereocenters. The number of hydrogen-bond donors (Lipinski definition) is 2. The number of rotatable bonds is 16. The first-order valence-electron chi connectivity index (χ1n) is 14.3. The lowest BCUT2D eigenvalue weighted by atomic mass is 9.88. The Bertz CT molecular complexity index is 1170. The van der Waals surface area contributed by atoms with Crippen LogP contribution in [0.1, 0.15) is 76.3 Å². The monoisotopic (exact) mass is 596 g/mol. The number of nitrogens with two attached hydrogens (primary N) is 2. The minimum atomic E-state index is -1.73. The smallest absolute Gasteiger partial charge is 0.333 e. The van der Waals surface area contributed by atoms with E-state index >= 15 is 0 Å². The normalized spacial score (nSPS) is 13.6. The van der Waals surface area contributed by atoms with Crippen molar-refractivity contribution in [3.63, 3.8) is 0 Å². The van der Waals surface area contributed by atoms with Gasteiger partial charge in [-0.3, -0.25) is 19.2 Å². The molecule has 0 aliphatic carbocycles. The highest BCUT2D eigenvalue weighted by molar-refractivity contribution is 5.96. The van der Waals surface area contributed by atoms with Gasteiger partial charge in [0.05, 0.1) is 12.8 Å². The summed E-state index contributed by atoms with van der Waals surface area (Å²) >= 11 is 0. The summed E-state index contributed by atoms with van der Waals surface area (Å²) in [4.78, 5) is 75.0. The molecule has 0 aliphatic rings. The quantitative estimate of drug-likeness (QED) is 0.165. The Morgan fingerprint density at radius 3 is 1.21 bits per heavy atom. The SMILES string of the molecule is CCC[C@](N)(CCC(=O)OC(=O)Cc1ccccc1)C(=O)OC(=O)[C@](N)(CCC)CCC(=O)OC(=O)Cc1ccccc1. The number of carbonyl (C=O) groups excluding carboxylic acids is 6. The summed E-state index contributed by atoms with van der Waals surface area (Å²) in [5, 5.41) is 0. The maximum Gasteiger partial charge on any atom is 0.333 e. The highest BCUT2D eigenvalue weighted by atomic mass is 16.6. The maximum absolute atomic E-state index is 13.1. The molecule has 0 saturated heterocycles. The van der Waals surface area contributed by atoms with Crippen LogP contribution in [0.2, 0.25) is 0 Å². The molecule has 0 aliphatic heterocycles. The minimum absolute atomic E-state index is 0.0750. The molecule has 0 bridgehead atoms. The van der Waals surface area contributed by atoms with E-state index in [-0.39, 0.29) is 51.4 Å². The summed E-state index contributed by atoms with van der Waals surface area (Å²) < 4.78 is 14.8. The zero-order chi connectivity index (χ0) is 31.9. The van der Waals surface area contributed by atoms with E-state index in [9.17, 15) is 28.8 Å². The van der Waals surface area contributed by atoms with Gasteiger partial charge in [-0.15, -0.1) is 0 Å². The van der Waals surface area contributed by atoms with E-state index < -0.39 is 46.9 Å². The Morgan fingerprint density at radius 1 is 0.535 bits per heavy atom. The number of benzene rings is 2. The molecule has 0 aromatic heterocycles. The second kappa shape index (κ2) is 17.0. The van der Waals surface area contributed by atoms with Crippen LogP contribution in [0.5, 0.6) is 0 Å². The summed E-state index contributed by atoms with van der Waals surface area (Å²) in [6, 6.07) is 17.5. The lowest BCUT2D eigenvalue weighted by Gasteiger charge is -2.30. The van der Waals surface area contributed by atoms with E-state index in [1.807, 2.05) is 0 Å². The molecule has 4 N–H and O–H groups in total. The number of carbonyl (C=O) groups is 6. The van der Waals surface area contributed by atoms with Crippen molar-refractivity contribution in [1.29, 1.82) is 0 Å². The fourth-order valence-corrected chi connectivity index (χ4v) is 4.44. The summed E-state index contributed by atoms with van der Waals surface area (Å²) in [6.45, 7) is 3.51. The van der Waals surface area contributed by atoms with Crippen LogP contribution in [0.4, 0.5) is 0 Å². The van der Waals surface area contributed by atoms with Crippen molar-refractivity contribution >= 4 is 35.8 Å². The van der Waals surface area contributed by atoms with E-state index in [0.29, 0.717) is 24.0 Å². The van der Waals surface area contributed by atoms with Gasteiger partial charge in [-0.2, -0.15) is 0 Å². The van der Waals surface area contributed by atoms with E-state index in [1.54, 1.807) is 74.5 Å². The molecule has 43 heavy (non-hydrogen) atoms. The summed E-state index contributed by atoms with van der Waals surface area (Å²) in [7, 11) is 0. The van der Waals surface area contributed by atoms with Gasteiger partial charge in [0.25, 0.3) is 0 Å². The van der Waals surface area contributed by atoms with Crippen LogP contribution in [0.25, 0.3) is 0 Å². The van der Waals surface area contributed by atoms with Crippen molar-refractivity contribution < 1.29 is 43.0 Å². The number of esters is 6. The fraction of sp³-hybridized carbons (Fsp3) is 0.438. The Balaban J connectivity index is 1.94. The molecule has 2 aromatic carbocycles.